The lowest BCUT2D eigenvalue weighted by Crippen LogP contribution is -1.97. The monoisotopic (exact) mass is 362 g/mol. The Kier molecular flexibility index (Phi) is 7.56. The lowest BCUT2D eigenvalue weighted by atomic mass is 10.1. The highest BCUT2D eigenvalue weighted by Crippen LogP contribution is 2.42. The van der Waals surface area contributed by atoms with Crippen molar-refractivity contribution in [1.29, 1.82) is 0 Å². The number of aliphatic hydroxyl groups excluding tert-OH is 2. The van der Waals surface area contributed by atoms with Crippen LogP contribution in [-0.4, -0.2) is 42.8 Å². The summed E-state index contributed by atoms with van der Waals surface area (Å²) in [6.07, 6.45) is 2.66. The molecular formula is C20H26O6. The van der Waals surface area contributed by atoms with Gasteiger partial charge in [-0.1, -0.05) is 6.07 Å². The fraction of sp³-hybridized carbons (Fsp3) is 0.400. The molecule has 0 saturated heterocycles. The molecule has 0 saturated carbocycles. The Labute approximate surface area is 153 Å². The first-order valence-corrected chi connectivity index (χ1v) is 8.59. The van der Waals surface area contributed by atoms with Crippen LogP contribution in [0.1, 0.15) is 24.0 Å². The molecule has 3 N–H and O–H groups in total. The largest absolute Gasteiger partial charge is 0.502 e. The minimum Gasteiger partial charge on any atom is -0.502 e. The van der Waals surface area contributed by atoms with Gasteiger partial charge in [0.2, 0.25) is 5.75 Å². The number of benzene rings is 2. The third-order valence-corrected chi connectivity index (χ3v) is 4.01. The van der Waals surface area contributed by atoms with Gasteiger partial charge in [-0.05, 0) is 61.1 Å². The molecule has 2 aromatic carbocycles. The molecule has 0 aliphatic heterocycles. The zero-order chi connectivity index (χ0) is 18.9. The number of hydrogen-bond donors (Lipinski definition) is 3. The highest BCUT2D eigenvalue weighted by Gasteiger charge is 2.15. The Balaban J connectivity index is 2.31. The second kappa shape index (κ2) is 9.89. The van der Waals surface area contributed by atoms with E-state index in [1.165, 1.54) is 7.11 Å². The van der Waals surface area contributed by atoms with Crippen LogP contribution in [0.3, 0.4) is 0 Å². The molecule has 0 aliphatic carbocycles. The molecule has 0 bridgehead atoms. The molecule has 142 valence electrons. The van der Waals surface area contributed by atoms with Crippen molar-refractivity contribution in [2.75, 3.05) is 27.4 Å². The molecular weight excluding hydrogens is 336 g/mol. The van der Waals surface area contributed by atoms with Gasteiger partial charge in [-0.3, -0.25) is 0 Å². The fourth-order valence-corrected chi connectivity index (χ4v) is 2.65. The summed E-state index contributed by atoms with van der Waals surface area (Å²) in [4.78, 5) is 0. The quantitative estimate of drug-likeness (QED) is 0.602. The van der Waals surface area contributed by atoms with Crippen LogP contribution in [0.5, 0.6) is 28.7 Å². The molecule has 0 fully saturated rings. The first-order chi connectivity index (χ1) is 12.6. The van der Waals surface area contributed by atoms with Gasteiger partial charge in [-0.25, -0.2) is 0 Å². The average Bonchev–Trinajstić information content (AvgIpc) is 2.67. The number of hydrogen-bond acceptors (Lipinski definition) is 6. The molecule has 0 radical (unpaired) electrons. The summed E-state index contributed by atoms with van der Waals surface area (Å²) >= 11 is 0. The normalized spacial score (nSPS) is 10.6. The molecule has 0 aliphatic rings. The summed E-state index contributed by atoms with van der Waals surface area (Å²) in [5.74, 6) is 1.50. The van der Waals surface area contributed by atoms with Crippen molar-refractivity contribution < 1.29 is 29.5 Å². The van der Waals surface area contributed by atoms with E-state index in [-0.39, 0.29) is 24.7 Å². The molecule has 26 heavy (non-hydrogen) atoms. The molecule has 0 heterocycles. The predicted molar refractivity (Wildman–Crippen MR) is 98.5 cm³/mol. The Morgan fingerprint density at radius 2 is 1.31 bits per heavy atom. The van der Waals surface area contributed by atoms with Crippen molar-refractivity contribution in [3.8, 4) is 28.7 Å². The van der Waals surface area contributed by atoms with E-state index in [1.807, 2.05) is 12.1 Å². The van der Waals surface area contributed by atoms with Crippen LogP contribution < -0.4 is 14.2 Å². The number of rotatable bonds is 10. The van der Waals surface area contributed by atoms with Gasteiger partial charge in [0.1, 0.15) is 0 Å². The molecule has 2 rings (SSSR count). The summed E-state index contributed by atoms with van der Waals surface area (Å²) in [7, 11) is 3.03. The third-order valence-electron chi connectivity index (χ3n) is 4.01. The Hall–Kier alpha value is -2.44. The van der Waals surface area contributed by atoms with Crippen molar-refractivity contribution in [3.63, 3.8) is 0 Å². The molecule has 6 nitrogen and oxygen atoms in total. The number of aryl methyl sites for hydroxylation is 2. The number of methoxy groups -OCH3 is 2. The SMILES string of the molecule is COc1cc(CCCO)ccc1Oc1cc(CCCO)cc(OC)c1O. The van der Waals surface area contributed by atoms with Crippen LogP contribution in [0, 0.1) is 0 Å². The fourth-order valence-electron chi connectivity index (χ4n) is 2.65. The van der Waals surface area contributed by atoms with E-state index in [0.717, 1.165) is 17.5 Å². The second-order valence-corrected chi connectivity index (χ2v) is 5.89. The molecule has 2 aromatic rings. The summed E-state index contributed by atoms with van der Waals surface area (Å²) in [6.45, 7) is 0.220. The molecule has 0 aromatic heterocycles. The minimum atomic E-state index is -0.0911. The summed E-state index contributed by atoms with van der Waals surface area (Å²) in [5.41, 5.74) is 1.92. The number of phenols is 1. The number of aromatic hydroxyl groups is 1. The van der Waals surface area contributed by atoms with Gasteiger partial charge in [-0.15, -0.1) is 0 Å². The summed E-state index contributed by atoms with van der Waals surface area (Å²) in [6, 6.07) is 8.99. The first kappa shape index (κ1) is 19.9. The van der Waals surface area contributed by atoms with E-state index >= 15 is 0 Å². The van der Waals surface area contributed by atoms with Crippen molar-refractivity contribution in [2.45, 2.75) is 25.7 Å². The van der Waals surface area contributed by atoms with E-state index in [1.54, 1.807) is 25.3 Å². The lowest BCUT2D eigenvalue weighted by Gasteiger charge is -2.15. The van der Waals surface area contributed by atoms with Gasteiger partial charge in [0.05, 0.1) is 14.2 Å². The maximum absolute atomic E-state index is 10.4. The van der Waals surface area contributed by atoms with Gasteiger partial charge in [0.15, 0.2) is 23.0 Å². The van der Waals surface area contributed by atoms with Crippen LogP contribution in [-0.2, 0) is 12.8 Å². The maximum Gasteiger partial charge on any atom is 0.201 e. The molecule has 0 amide bonds. The highest BCUT2D eigenvalue weighted by molar-refractivity contribution is 5.55. The van der Waals surface area contributed by atoms with Crippen molar-refractivity contribution >= 4 is 0 Å². The van der Waals surface area contributed by atoms with Gasteiger partial charge in [-0.2, -0.15) is 0 Å². The number of ether oxygens (including phenoxy) is 3. The number of aliphatic hydroxyl groups is 2. The van der Waals surface area contributed by atoms with E-state index in [0.29, 0.717) is 36.5 Å². The summed E-state index contributed by atoms with van der Waals surface area (Å²) < 4.78 is 16.5. The Morgan fingerprint density at radius 1 is 0.731 bits per heavy atom. The van der Waals surface area contributed by atoms with E-state index in [2.05, 4.69) is 0 Å². The maximum atomic E-state index is 10.4. The summed E-state index contributed by atoms with van der Waals surface area (Å²) in [5, 5.41) is 28.4. The highest BCUT2D eigenvalue weighted by atomic mass is 16.5. The molecule has 0 unspecified atom stereocenters. The zero-order valence-corrected chi connectivity index (χ0v) is 15.2. The van der Waals surface area contributed by atoms with Crippen molar-refractivity contribution in [1.82, 2.24) is 0 Å². The third kappa shape index (κ3) is 5.03. The van der Waals surface area contributed by atoms with Crippen molar-refractivity contribution in [3.05, 3.63) is 41.5 Å². The minimum absolute atomic E-state index is 0.0858. The first-order valence-electron chi connectivity index (χ1n) is 8.59. The second-order valence-electron chi connectivity index (χ2n) is 5.89. The van der Waals surface area contributed by atoms with Gasteiger partial charge in [0.25, 0.3) is 0 Å². The smallest absolute Gasteiger partial charge is 0.201 e. The molecule has 6 heteroatoms. The topological polar surface area (TPSA) is 88.4 Å². The Morgan fingerprint density at radius 3 is 1.92 bits per heavy atom. The van der Waals surface area contributed by atoms with E-state index < -0.39 is 0 Å². The van der Waals surface area contributed by atoms with Crippen LogP contribution in [0.15, 0.2) is 30.3 Å². The standard InChI is InChI=1S/C20H26O6/c1-24-17-11-14(5-3-9-21)7-8-16(17)26-19-13-15(6-4-10-22)12-18(25-2)20(19)23/h7-8,11-13,21-23H,3-6,9-10H2,1-2H3. The average molecular weight is 362 g/mol. The van der Waals surface area contributed by atoms with Crippen molar-refractivity contribution in [2.24, 2.45) is 0 Å². The van der Waals surface area contributed by atoms with E-state index in [9.17, 15) is 5.11 Å². The molecule has 0 atom stereocenters. The van der Waals surface area contributed by atoms with Gasteiger partial charge in [0, 0.05) is 13.2 Å². The molecule has 0 spiro atoms. The van der Waals surface area contributed by atoms with Crippen LogP contribution in [0.25, 0.3) is 0 Å². The van der Waals surface area contributed by atoms with E-state index in [4.69, 9.17) is 24.4 Å². The van der Waals surface area contributed by atoms with Gasteiger partial charge < -0.3 is 29.5 Å². The Bertz CT molecular complexity index is 714. The van der Waals surface area contributed by atoms with Crippen LogP contribution >= 0.6 is 0 Å². The van der Waals surface area contributed by atoms with Gasteiger partial charge >= 0.3 is 0 Å². The zero-order valence-electron chi connectivity index (χ0n) is 15.2. The number of phenolic OH excluding ortho intramolecular Hbond substituents is 1. The van der Waals surface area contributed by atoms with Crippen LogP contribution in [0.4, 0.5) is 0 Å². The lowest BCUT2D eigenvalue weighted by molar-refractivity contribution is 0.288. The predicted octanol–water partition coefficient (Wildman–Crippen LogP) is 3.05. The van der Waals surface area contributed by atoms with Crippen LogP contribution in [0.2, 0.25) is 0 Å².